The first-order valence-corrected chi connectivity index (χ1v) is 8.75. The van der Waals surface area contributed by atoms with Gasteiger partial charge in [-0.1, -0.05) is 31.5 Å². The van der Waals surface area contributed by atoms with Gasteiger partial charge in [-0.2, -0.15) is 0 Å². The van der Waals surface area contributed by atoms with Crippen molar-refractivity contribution in [3.05, 3.63) is 54.1 Å². The van der Waals surface area contributed by atoms with E-state index in [4.69, 9.17) is 4.74 Å². The summed E-state index contributed by atoms with van der Waals surface area (Å²) in [5, 5.41) is 0. The third-order valence-corrected chi connectivity index (χ3v) is 4.94. The van der Waals surface area contributed by atoms with Gasteiger partial charge in [-0.25, -0.2) is 0 Å². The molecule has 1 aliphatic heterocycles. The van der Waals surface area contributed by atoms with E-state index in [9.17, 15) is 4.79 Å². The summed E-state index contributed by atoms with van der Waals surface area (Å²) in [7, 11) is 0. The van der Waals surface area contributed by atoms with Gasteiger partial charge in [0.2, 0.25) is 0 Å². The van der Waals surface area contributed by atoms with Gasteiger partial charge >= 0.3 is 0 Å². The normalized spacial score (nSPS) is 20.2. The zero-order valence-electron chi connectivity index (χ0n) is 14.4. The van der Waals surface area contributed by atoms with E-state index in [1.165, 1.54) is 12.1 Å². The Morgan fingerprint density at radius 2 is 1.92 bits per heavy atom. The summed E-state index contributed by atoms with van der Waals surface area (Å²) >= 11 is 0. The van der Waals surface area contributed by atoms with Crippen LogP contribution in [0.5, 0.6) is 11.5 Å². The summed E-state index contributed by atoms with van der Waals surface area (Å²) in [6.45, 7) is 5.31. The minimum atomic E-state index is 0.329. The van der Waals surface area contributed by atoms with Crippen molar-refractivity contribution in [1.29, 1.82) is 0 Å². The topological polar surface area (TPSA) is 29.5 Å². The number of aryl methyl sites for hydroxylation is 1. The van der Waals surface area contributed by atoms with E-state index in [2.05, 4.69) is 24.0 Å². The Morgan fingerprint density at radius 3 is 2.58 bits per heavy atom. The van der Waals surface area contributed by atoms with Crippen LogP contribution in [0.25, 0.3) is 0 Å². The molecule has 1 saturated heterocycles. The number of carbonyl (C=O) groups is 1. The van der Waals surface area contributed by atoms with Gasteiger partial charge in [0.1, 0.15) is 17.8 Å². The summed E-state index contributed by atoms with van der Waals surface area (Å²) in [5.41, 5.74) is 2.30. The summed E-state index contributed by atoms with van der Waals surface area (Å²) in [6, 6.07) is 16.6. The van der Waals surface area contributed by atoms with Crippen molar-refractivity contribution < 1.29 is 9.53 Å². The van der Waals surface area contributed by atoms with Crippen molar-refractivity contribution in [2.75, 3.05) is 11.4 Å². The number of hydrogen-bond donors (Lipinski definition) is 0. The number of aldehydes is 1. The Morgan fingerprint density at radius 1 is 1.17 bits per heavy atom. The Bertz CT molecular complexity index is 680. The number of hydrogen-bond acceptors (Lipinski definition) is 3. The third-order valence-electron chi connectivity index (χ3n) is 4.94. The lowest BCUT2D eigenvalue weighted by Gasteiger charge is -2.25. The highest BCUT2D eigenvalue weighted by Gasteiger charge is 2.30. The molecule has 0 aromatic heterocycles. The molecule has 0 saturated carbocycles. The van der Waals surface area contributed by atoms with Crippen molar-refractivity contribution in [2.45, 2.75) is 39.2 Å². The average molecular weight is 323 g/mol. The van der Waals surface area contributed by atoms with Crippen LogP contribution in [0, 0.1) is 12.8 Å². The second-order valence-corrected chi connectivity index (χ2v) is 6.58. The molecule has 0 amide bonds. The highest BCUT2D eigenvalue weighted by Crippen LogP contribution is 2.33. The molecule has 0 spiro atoms. The highest BCUT2D eigenvalue weighted by atomic mass is 16.5. The van der Waals surface area contributed by atoms with Gasteiger partial charge in [0.05, 0.1) is 0 Å². The number of para-hydroxylation sites is 1. The van der Waals surface area contributed by atoms with E-state index in [1.807, 2.05) is 43.3 Å². The molecule has 3 rings (SSSR count). The maximum Gasteiger partial charge on any atom is 0.130 e. The van der Waals surface area contributed by atoms with Gasteiger partial charge in [-0.3, -0.25) is 0 Å². The minimum Gasteiger partial charge on any atom is -0.457 e. The van der Waals surface area contributed by atoms with Gasteiger partial charge in [0.15, 0.2) is 0 Å². The van der Waals surface area contributed by atoms with E-state index in [1.54, 1.807) is 0 Å². The quantitative estimate of drug-likeness (QED) is 0.702. The fourth-order valence-corrected chi connectivity index (χ4v) is 3.46. The number of carbonyl (C=O) groups excluding carboxylic acids is 1. The smallest absolute Gasteiger partial charge is 0.130 e. The van der Waals surface area contributed by atoms with Crippen LogP contribution in [0.4, 0.5) is 5.69 Å². The zero-order chi connectivity index (χ0) is 16.9. The first kappa shape index (κ1) is 16.6. The number of nitrogens with zero attached hydrogens (tertiary/aromatic N) is 1. The summed E-state index contributed by atoms with van der Waals surface area (Å²) in [5.74, 6) is 2.40. The molecule has 2 aromatic carbocycles. The van der Waals surface area contributed by atoms with Crippen molar-refractivity contribution in [2.24, 2.45) is 5.92 Å². The molecule has 1 aliphatic rings. The molecule has 3 nitrogen and oxygen atoms in total. The standard InChI is InChI=1S/C21H25NO2/c1-3-17-14-19(12-13-23)22(15-17)18-8-10-20(11-9-18)24-21-7-5-4-6-16(21)2/h4-11,13,17,19H,3,12,14-15H2,1-2H3. The fourth-order valence-electron chi connectivity index (χ4n) is 3.46. The van der Waals surface area contributed by atoms with Gasteiger partial charge in [0, 0.05) is 24.7 Å². The monoisotopic (exact) mass is 323 g/mol. The van der Waals surface area contributed by atoms with Crippen LogP contribution in [0.3, 0.4) is 0 Å². The van der Waals surface area contributed by atoms with Crippen molar-refractivity contribution in [3.8, 4) is 11.5 Å². The van der Waals surface area contributed by atoms with Gasteiger partial charge < -0.3 is 14.4 Å². The second kappa shape index (κ2) is 7.52. The largest absolute Gasteiger partial charge is 0.457 e. The van der Waals surface area contributed by atoms with Gasteiger partial charge in [0.25, 0.3) is 0 Å². The van der Waals surface area contributed by atoms with Crippen LogP contribution >= 0.6 is 0 Å². The van der Waals surface area contributed by atoms with Crippen LogP contribution < -0.4 is 9.64 Å². The van der Waals surface area contributed by atoms with Crippen LogP contribution in [0.15, 0.2) is 48.5 Å². The van der Waals surface area contributed by atoms with Crippen molar-refractivity contribution in [1.82, 2.24) is 0 Å². The molecule has 1 heterocycles. The number of benzene rings is 2. The Labute approximate surface area is 144 Å². The molecule has 0 aliphatic carbocycles. The first-order chi connectivity index (χ1) is 11.7. The molecule has 0 bridgehead atoms. The molecule has 3 heteroatoms. The molecule has 126 valence electrons. The molecule has 1 fully saturated rings. The predicted octanol–water partition coefficient (Wildman–Crippen LogP) is 4.98. The molecule has 2 aromatic rings. The maximum absolute atomic E-state index is 11.0. The SMILES string of the molecule is CCC1CC(CC=O)N(c2ccc(Oc3ccccc3C)cc2)C1. The lowest BCUT2D eigenvalue weighted by Crippen LogP contribution is -2.29. The van der Waals surface area contributed by atoms with E-state index < -0.39 is 0 Å². The van der Waals surface area contributed by atoms with Crippen LogP contribution in [-0.2, 0) is 4.79 Å². The van der Waals surface area contributed by atoms with Crippen LogP contribution in [0.2, 0.25) is 0 Å². The maximum atomic E-state index is 11.0. The van der Waals surface area contributed by atoms with Gasteiger partial charge in [-0.05, 0) is 55.2 Å². The van der Waals surface area contributed by atoms with Crippen LogP contribution in [-0.4, -0.2) is 18.9 Å². The molecule has 0 N–H and O–H groups in total. The van der Waals surface area contributed by atoms with Gasteiger partial charge in [-0.15, -0.1) is 0 Å². The van der Waals surface area contributed by atoms with E-state index in [0.29, 0.717) is 18.4 Å². The van der Waals surface area contributed by atoms with E-state index in [0.717, 1.165) is 36.3 Å². The number of rotatable bonds is 6. The lowest BCUT2D eigenvalue weighted by atomic mass is 10.0. The Hall–Kier alpha value is -2.29. The second-order valence-electron chi connectivity index (χ2n) is 6.58. The van der Waals surface area contributed by atoms with Crippen molar-refractivity contribution in [3.63, 3.8) is 0 Å². The van der Waals surface area contributed by atoms with Crippen LogP contribution in [0.1, 0.15) is 31.7 Å². The molecular formula is C21H25NO2. The average Bonchev–Trinajstić information content (AvgIpc) is 3.01. The number of anilines is 1. The minimum absolute atomic E-state index is 0.329. The third kappa shape index (κ3) is 3.61. The lowest BCUT2D eigenvalue weighted by molar-refractivity contribution is -0.108. The molecular weight excluding hydrogens is 298 g/mol. The number of ether oxygens (including phenoxy) is 1. The molecule has 2 unspecified atom stereocenters. The first-order valence-electron chi connectivity index (χ1n) is 8.75. The molecule has 2 atom stereocenters. The summed E-state index contributed by atoms with van der Waals surface area (Å²) < 4.78 is 5.97. The Balaban J connectivity index is 1.74. The molecule has 24 heavy (non-hydrogen) atoms. The zero-order valence-corrected chi connectivity index (χ0v) is 14.4. The Kier molecular flexibility index (Phi) is 5.19. The summed E-state index contributed by atoms with van der Waals surface area (Å²) in [6.07, 6.45) is 3.93. The van der Waals surface area contributed by atoms with Crippen molar-refractivity contribution >= 4 is 12.0 Å². The highest BCUT2D eigenvalue weighted by molar-refractivity contribution is 5.56. The summed E-state index contributed by atoms with van der Waals surface area (Å²) in [4.78, 5) is 13.4. The van der Waals surface area contributed by atoms with E-state index >= 15 is 0 Å². The predicted molar refractivity (Wildman–Crippen MR) is 97.9 cm³/mol. The van der Waals surface area contributed by atoms with E-state index in [-0.39, 0.29) is 0 Å². The fraction of sp³-hybridized carbons (Fsp3) is 0.381. The molecule has 0 radical (unpaired) electrons.